The van der Waals surface area contributed by atoms with E-state index in [-0.39, 0.29) is 5.91 Å². The van der Waals surface area contributed by atoms with Gasteiger partial charge < -0.3 is 15.4 Å². The zero-order valence-corrected chi connectivity index (χ0v) is 11.6. The average Bonchev–Trinajstić information content (AvgIpc) is 2.85. The molecule has 6 heteroatoms. The second-order valence-corrected chi connectivity index (χ2v) is 4.97. The minimum atomic E-state index is -0.135. The predicted octanol–water partition coefficient (Wildman–Crippen LogP) is 2.01. The van der Waals surface area contributed by atoms with E-state index in [1.165, 1.54) is 11.3 Å². The molecule has 1 amide bonds. The summed E-state index contributed by atoms with van der Waals surface area (Å²) in [6.07, 6.45) is 0. The maximum absolute atomic E-state index is 12.1. The maximum atomic E-state index is 12.1. The van der Waals surface area contributed by atoms with Gasteiger partial charge in [-0.1, -0.05) is 12.1 Å². The van der Waals surface area contributed by atoms with E-state index < -0.39 is 0 Å². The third-order valence-corrected chi connectivity index (χ3v) is 3.34. The molecule has 0 spiro atoms. The van der Waals surface area contributed by atoms with Crippen molar-refractivity contribution in [2.75, 3.05) is 19.9 Å². The Hall–Kier alpha value is -2.08. The molecular weight excluding hydrogens is 262 g/mol. The van der Waals surface area contributed by atoms with Gasteiger partial charge in [0.25, 0.3) is 5.91 Å². The molecule has 2 N–H and O–H groups in total. The first-order chi connectivity index (χ1) is 9.10. The van der Waals surface area contributed by atoms with E-state index in [9.17, 15) is 4.79 Å². The number of hydrogen-bond acceptors (Lipinski definition) is 5. The van der Waals surface area contributed by atoms with Gasteiger partial charge in [0.05, 0.1) is 7.11 Å². The van der Waals surface area contributed by atoms with Gasteiger partial charge in [-0.3, -0.25) is 4.79 Å². The highest BCUT2D eigenvalue weighted by Gasteiger charge is 2.15. The molecule has 1 heterocycles. The topological polar surface area (TPSA) is 68.5 Å². The zero-order valence-electron chi connectivity index (χ0n) is 10.8. The quantitative estimate of drug-likeness (QED) is 0.928. The minimum absolute atomic E-state index is 0.135. The summed E-state index contributed by atoms with van der Waals surface area (Å²) in [7, 11) is 3.36. The van der Waals surface area contributed by atoms with E-state index in [2.05, 4.69) is 4.98 Å². The molecule has 0 aliphatic rings. The van der Waals surface area contributed by atoms with Gasteiger partial charge in [0.1, 0.15) is 11.4 Å². The monoisotopic (exact) mass is 277 g/mol. The highest BCUT2D eigenvalue weighted by molar-refractivity contribution is 7.13. The fraction of sp³-hybridized carbons (Fsp3) is 0.231. The Kier molecular flexibility index (Phi) is 4.01. The molecule has 2 aromatic rings. The van der Waals surface area contributed by atoms with Gasteiger partial charge in [-0.05, 0) is 17.7 Å². The first-order valence-corrected chi connectivity index (χ1v) is 6.57. The van der Waals surface area contributed by atoms with Crippen molar-refractivity contribution in [2.24, 2.45) is 0 Å². The predicted molar refractivity (Wildman–Crippen MR) is 75.3 cm³/mol. The largest absolute Gasteiger partial charge is 0.497 e. The number of thiazole rings is 1. The number of carbonyl (C=O) groups is 1. The van der Waals surface area contributed by atoms with Crippen LogP contribution in [0.4, 0.5) is 5.13 Å². The summed E-state index contributed by atoms with van der Waals surface area (Å²) in [6, 6.07) is 7.60. The van der Waals surface area contributed by atoms with Crippen LogP contribution in [-0.2, 0) is 6.54 Å². The van der Waals surface area contributed by atoms with Gasteiger partial charge in [0, 0.05) is 19.0 Å². The van der Waals surface area contributed by atoms with Crippen LogP contribution in [0.2, 0.25) is 0 Å². The molecule has 0 fully saturated rings. The van der Waals surface area contributed by atoms with Crippen molar-refractivity contribution in [3.05, 3.63) is 40.9 Å². The molecule has 1 aromatic heterocycles. The molecule has 19 heavy (non-hydrogen) atoms. The fourth-order valence-corrected chi connectivity index (χ4v) is 2.19. The van der Waals surface area contributed by atoms with Crippen LogP contribution in [-0.4, -0.2) is 29.9 Å². The van der Waals surface area contributed by atoms with Gasteiger partial charge in [-0.15, -0.1) is 11.3 Å². The Bertz CT molecular complexity index is 566. The summed E-state index contributed by atoms with van der Waals surface area (Å²) in [5.41, 5.74) is 6.94. The third-order valence-electron chi connectivity index (χ3n) is 2.67. The molecule has 0 saturated carbocycles. The summed E-state index contributed by atoms with van der Waals surface area (Å²) in [5, 5.41) is 2.07. The summed E-state index contributed by atoms with van der Waals surface area (Å²) >= 11 is 1.26. The number of rotatable bonds is 4. The van der Waals surface area contributed by atoms with Crippen LogP contribution in [0, 0.1) is 0 Å². The number of nitrogen functional groups attached to an aromatic ring is 1. The number of aromatic nitrogens is 1. The molecule has 2 rings (SSSR count). The fourth-order valence-electron chi connectivity index (χ4n) is 1.66. The van der Waals surface area contributed by atoms with Crippen molar-refractivity contribution in [1.29, 1.82) is 0 Å². The van der Waals surface area contributed by atoms with Crippen molar-refractivity contribution in [3.8, 4) is 5.75 Å². The lowest BCUT2D eigenvalue weighted by Crippen LogP contribution is -2.26. The first kappa shape index (κ1) is 13.4. The van der Waals surface area contributed by atoms with Gasteiger partial charge in [-0.25, -0.2) is 4.98 Å². The van der Waals surface area contributed by atoms with Crippen molar-refractivity contribution in [3.63, 3.8) is 0 Å². The maximum Gasteiger partial charge on any atom is 0.273 e. The zero-order chi connectivity index (χ0) is 13.8. The van der Waals surface area contributed by atoms with Crippen LogP contribution in [0.15, 0.2) is 29.6 Å². The van der Waals surface area contributed by atoms with Crippen LogP contribution in [0.25, 0.3) is 0 Å². The molecule has 1 aromatic carbocycles. The lowest BCUT2D eigenvalue weighted by Gasteiger charge is -2.16. The molecule has 0 radical (unpaired) electrons. The Morgan fingerprint density at radius 1 is 1.42 bits per heavy atom. The van der Waals surface area contributed by atoms with Crippen LogP contribution in [0.5, 0.6) is 5.75 Å². The number of anilines is 1. The molecule has 5 nitrogen and oxygen atoms in total. The van der Waals surface area contributed by atoms with E-state index >= 15 is 0 Å². The summed E-state index contributed by atoms with van der Waals surface area (Å²) in [6.45, 7) is 0.514. The van der Waals surface area contributed by atoms with Crippen LogP contribution in [0.1, 0.15) is 16.1 Å². The molecule has 0 bridgehead atoms. The van der Waals surface area contributed by atoms with E-state index in [1.54, 1.807) is 24.4 Å². The van der Waals surface area contributed by atoms with Crippen molar-refractivity contribution >= 4 is 22.4 Å². The van der Waals surface area contributed by atoms with Crippen LogP contribution >= 0.6 is 11.3 Å². The highest BCUT2D eigenvalue weighted by Crippen LogP contribution is 2.15. The summed E-state index contributed by atoms with van der Waals surface area (Å²) in [5.74, 6) is 0.661. The summed E-state index contributed by atoms with van der Waals surface area (Å²) < 4.78 is 5.09. The number of amides is 1. The standard InChI is InChI=1S/C13H15N3O2S/c1-16(12(17)11-8-19-13(14)15-11)7-9-3-5-10(18-2)6-4-9/h3-6,8H,7H2,1-2H3,(H2,14,15). The Morgan fingerprint density at radius 2 is 2.11 bits per heavy atom. The average molecular weight is 277 g/mol. The molecule has 0 unspecified atom stereocenters. The molecule has 0 aliphatic carbocycles. The second kappa shape index (κ2) is 5.71. The highest BCUT2D eigenvalue weighted by atomic mass is 32.1. The van der Waals surface area contributed by atoms with Crippen molar-refractivity contribution in [2.45, 2.75) is 6.54 Å². The molecular formula is C13H15N3O2S. The normalized spacial score (nSPS) is 10.2. The molecule has 100 valence electrons. The van der Waals surface area contributed by atoms with E-state index in [4.69, 9.17) is 10.5 Å². The SMILES string of the molecule is COc1ccc(CN(C)C(=O)c2csc(N)n2)cc1. The number of benzene rings is 1. The Balaban J connectivity index is 2.03. The van der Waals surface area contributed by atoms with Gasteiger partial charge >= 0.3 is 0 Å². The van der Waals surface area contributed by atoms with Crippen LogP contribution in [0.3, 0.4) is 0 Å². The van der Waals surface area contributed by atoms with Gasteiger partial charge in [0.2, 0.25) is 0 Å². The minimum Gasteiger partial charge on any atom is -0.497 e. The van der Waals surface area contributed by atoms with Gasteiger partial charge in [-0.2, -0.15) is 0 Å². The second-order valence-electron chi connectivity index (χ2n) is 4.08. The van der Waals surface area contributed by atoms with E-state index in [0.717, 1.165) is 11.3 Å². The number of ether oxygens (including phenoxy) is 1. The Morgan fingerprint density at radius 3 is 2.63 bits per heavy atom. The number of nitrogens with zero attached hydrogens (tertiary/aromatic N) is 2. The number of methoxy groups -OCH3 is 1. The van der Waals surface area contributed by atoms with Crippen molar-refractivity contribution < 1.29 is 9.53 Å². The van der Waals surface area contributed by atoms with E-state index in [1.807, 2.05) is 24.3 Å². The van der Waals surface area contributed by atoms with Crippen LogP contribution < -0.4 is 10.5 Å². The third kappa shape index (κ3) is 3.23. The summed E-state index contributed by atoms with van der Waals surface area (Å²) in [4.78, 5) is 17.7. The Labute approximate surface area is 115 Å². The molecule has 0 aliphatic heterocycles. The molecule has 0 saturated heterocycles. The van der Waals surface area contributed by atoms with Gasteiger partial charge in [0.15, 0.2) is 5.13 Å². The first-order valence-electron chi connectivity index (χ1n) is 5.69. The molecule has 0 atom stereocenters. The number of carbonyl (C=O) groups excluding carboxylic acids is 1. The lowest BCUT2D eigenvalue weighted by molar-refractivity contribution is 0.0780. The smallest absolute Gasteiger partial charge is 0.273 e. The number of nitrogens with two attached hydrogens (primary N) is 1. The van der Waals surface area contributed by atoms with Crippen molar-refractivity contribution in [1.82, 2.24) is 9.88 Å². The number of hydrogen-bond donors (Lipinski definition) is 1. The van der Waals surface area contributed by atoms with E-state index in [0.29, 0.717) is 17.4 Å². The lowest BCUT2D eigenvalue weighted by atomic mass is 10.2.